The van der Waals surface area contributed by atoms with E-state index in [1.54, 1.807) is 0 Å². The summed E-state index contributed by atoms with van der Waals surface area (Å²) in [4.78, 5) is 51.4. The first kappa shape index (κ1) is 27.5. The molecule has 0 aliphatic carbocycles. The van der Waals surface area contributed by atoms with Crippen molar-refractivity contribution in [3.05, 3.63) is 0 Å². The summed E-state index contributed by atoms with van der Waals surface area (Å²) in [6.07, 6.45) is 1.07. The quantitative estimate of drug-likeness (QED) is 0.0615. The number of hydrogen-bond acceptors (Lipinski definition) is 7. The first-order chi connectivity index (χ1) is 14.0. The summed E-state index contributed by atoms with van der Waals surface area (Å²) in [5.74, 6) is -3.03. The van der Waals surface area contributed by atoms with Gasteiger partial charge in [-0.1, -0.05) is 13.8 Å². The summed E-state index contributed by atoms with van der Waals surface area (Å²) in [7, 11) is 0. The molecule has 0 bridgehead atoms. The smallest absolute Gasteiger partial charge is 0.322 e. The Bertz CT molecular complexity index is 626. The Morgan fingerprint density at radius 2 is 1.63 bits per heavy atom. The van der Waals surface area contributed by atoms with Crippen molar-refractivity contribution < 1.29 is 24.3 Å². The summed E-state index contributed by atoms with van der Waals surface area (Å²) in [6, 6.07) is -2.85. The van der Waals surface area contributed by atoms with Crippen LogP contribution >= 0.6 is 12.6 Å². The van der Waals surface area contributed by atoms with Crippen LogP contribution in [0, 0.1) is 5.92 Å². The predicted octanol–water partition coefficient (Wildman–Crippen LogP) is -2.49. The van der Waals surface area contributed by atoms with Crippen LogP contribution in [0.2, 0.25) is 0 Å². The minimum Gasteiger partial charge on any atom is -0.480 e. The number of nitrogens with two attached hydrogens (primary N) is 3. The molecule has 0 saturated carbocycles. The van der Waals surface area contributed by atoms with Crippen LogP contribution in [0.4, 0.5) is 0 Å². The van der Waals surface area contributed by atoms with Gasteiger partial charge in [0.05, 0.1) is 6.04 Å². The molecule has 0 aliphatic heterocycles. The molecule has 172 valence electrons. The van der Waals surface area contributed by atoms with E-state index in [2.05, 4.69) is 33.6 Å². The standard InChI is InChI=1S/C17H33N7O5S/c1-9(2)6-11(15(28)22-7-13(25)26)23-16(29)12(8-30)24-14(27)10(18)4-3-5-21-17(19)20/h9-12,30H,3-8,18H2,1-2H3,(H,22,28)(H,23,29)(H,24,27)(H,25,26)(H4,19,20,21). The highest BCUT2D eigenvalue weighted by atomic mass is 32.1. The lowest BCUT2D eigenvalue weighted by Gasteiger charge is -2.24. The van der Waals surface area contributed by atoms with Gasteiger partial charge in [0.2, 0.25) is 17.7 Å². The lowest BCUT2D eigenvalue weighted by atomic mass is 10.0. The van der Waals surface area contributed by atoms with Crippen molar-refractivity contribution in [3.63, 3.8) is 0 Å². The van der Waals surface area contributed by atoms with Crippen LogP contribution in [0.3, 0.4) is 0 Å². The Morgan fingerprint density at radius 1 is 1.03 bits per heavy atom. The van der Waals surface area contributed by atoms with Gasteiger partial charge >= 0.3 is 5.97 Å². The average molecular weight is 448 g/mol. The Balaban J connectivity index is 4.85. The van der Waals surface area contributed by atoms with Gasteiger partial charge < -0.3 is 38.3 Å². The number of aliphatic imine (C=N–C) groups is 1. The second-order valence-electron chi connectivity index (χ2n) is 7.10. The van der Waals surface area contributed by atoms with Gasteiger partial charge in [-0.2, -0.15) is 12.6 Å². The van der Waals surface area contributed by atoms with Gasteiger partial charge in [-0.3, -0.25) is 24.2 Å². The third-order valence-corrected chi connectivity index (χ3v) is 4.24. The molecule has 0 aromatic heterocycles. The fraction of sp³-hybridized carbons (Fsp3) is 0.706. The summed E-state index contributed by atoms with van der Waals surface area (Å²) in [6.45, 7) is 3.46. The van der Waals surface area contributed by atoms with Crippen molar-refractivity contribution in [2.24, 2.45) is 28.1 Å². The molecule has 30 heavy (non-hydrogen) atoms. The van der Waals surface area contributed by atoms with E-state index in [9.17, 15) is 19.2 Å². The lowest BCUT2D eigenvalue weighted by Crippen LogP contribution is -2.56. The number of carboxylic acids is 1. The molecular formula is C17H33N7O5S. The van der Waals surface area contributed by atoms with Gasteiger partial charge in [0.1, 0.15) is 18.6 Å². The largest absolute Gasteiger partial charge is 0.480 e. The number of nitrogens with one attached hydrogen (secondary N) is 3. The molecule has 3 atom stereocenters. The van der Waals surface area contributed by atoms with Crippen molar-refractivity contribution in [2.75, 3.05) is 18.8 Å². The van der Waals surface area contributed by atoms with Gasteiger partial charge in [-0.15, -0.1) is 0 Å². The van der Waals surface area contributed by atoms with Crippen molar-refractivity contribution in [1.29, 1.82) is 0 Å². The zero-order valence-corrected chi connectivity index (χ0v) is 18.2. The van der Waals surface area contributed by atoms with Crippen LogP contribution in [0.25, 0.3) is 0 Å². The van der Waals surface area contributed by atoms with Crippen LogP contribution in [-0.2, 0) is 19.2 Å². The van der Waals surface area contributed by atoms with Crippen LogP contribution in [0.1, 0.15) is 33.1 Å². The van der Waals surface area contributed by atoms with Crippen molar-refractivity contribution in [1.82, 2.24) is 16.0 Å². The Morgan fingerprint density at radius 3 is 2.13 bits per heavy atom. The van der Waals surface area contributed by atoms with Gasteiger partial charge in [0, 0.05) is 12.3 Å². The minimum absolute atomic E-state index is 0.0244. The summed E-state index contributed by atoms with van der Waals surface area (Å²) >= 11 is 4.08. The Hall–Kier alpha value is -2.54. The van der Waals surface area contributed by atoms with E-state index in [4.69, 9.17) is 22.3 Å². The zero-order chi connectivity index (χ0) is 23.3. The summed E-state index contributed by atoms with van der Waals surface area (Å²) < 4.78 is 0. The van der Waals surface area contributed by atoms with Gasteiger partial charge in [0.25, 0.3) is 0 Å². The van der Waals surface area contributed by atoms with E-state index in [1.165, 1.54) is 0 Å². The number of nitrogens with zero attached hydrogens (tertiary/aromatic N) is 1. The first-order valence-electron chi connectivity index (χ1n) is 9.50. The van der Waals surface area contributed by atoms with Gasteiger partial charge in [0.15, 0.2) is 5.96 Å². The number of carbonyl (C=O) groups is 4. The van der Waals surface area contributed by atoms with E-state index in [0.717, 1.165) is 0 Å². The van der Waals surface area contributed by atoms with E-state index in [0.29, 0.717) is 19.4 Å². The van der Waals surface area contributed by atoms with Crippen molar-refractivity contribution in [3.8, 4) is 0 Å². The third-order valence-electron chi connectivity index (χ3n) is 3.87. The maximum Gasteiger partial charge on any atom is 0.322 e. The molecule has 0 saturated heterocycles. The molecule has 10 N–H and O–H groups in total. The molecule has 12 nitrogen and oxygen atoms in total. The third kappa shape index (κ3) is 12.1. The highest BCUT2D eigenvalue weighted by molar-refractivity contribution is 7.80. The summed E-state index contributed by atoms with van der Waals surface area (Å²) in [5.41, 5.74) is 16.3. The Kier molecular flexibility index (Phi) is 13.2. The maximum atomic E-state index is 12.5. The predicted molar refractivity (Wildman–Crippen MR) is 116 cm³/mol. The van der Waals surface area contributed by atoms with E-state index in [1.807, 2.05) is 13.8 Å². The minimum atomic E-state index is -1.20. The maximum absolute atomic E-state index is 12.5. The molecule has 0 aromatic rings. The van der Waals surface area contributed by atoms with E-state index >= 15 is 0 Å². The second kappa shape index (κ2) is 14.4. The molecule has 0 heterocycles. The summed E-state index contributed by atoms with van der Waals surface area (Å²) in [5, 5.41) is 16.0. The molecule has 0 fully saturated rings. The molecule has 0 spiro atoms. The number of thiol groups is 1. The number of guanidine groups is 1. The molecule has 3 unspecified atom stereocenters. The molecule has 0 aromatic carbocycles. The lowest BCUT2D eigenvalue weighted by molar-refractivity contribution is -0.138. The SMILES string of the molecule is CC(C)CC(NC(=O)C(CS)NC(=O)C(N)CCCN=C(N)N)C(=O)NCC(=O)O. The first-order valence-corrected chi connectivity index (χ1v) is 10.1. The second-order valence-corrected chi connectivity index (χ2v) is 7.47. The van der Waals surface area contributed by atoms with E-state index < -0.39 is 48.4 Å². The van der Waals surface area contributed by atoms with Crippen LogP contribution < -0.4 is 33.2 Å². The molecule has 0 radical (unpaired) electrons. The highest BCUT2D eigenvalue weighted by Crippen LogP contribution is 2.06. The Labute approximate surface area is 181 Å². The van der Waals surface area contributed by atoms with Crippen molar-refractivity contribution >= 4 is 42.3 Å². The van der Waals surface area contributed by atoms with Crippen LogP contribution in [0.15, 0.2) is 4.99 Å². The number of rotatable bonds is 14. The molecule has 0 aliphatic rings. The zero-order valence-electron chi connectivity index (χ0n) is 17.3. The average Bonchev–Trinajstić information content (AvgIpc) is 2.65. The van der Waals surface area contributed by atoms with Gasteiger partial charge in [-0.05, 0) is 25.2 Å². The molecule has 13 heteroatoms. The number of hydrogen-bond donors (Lipinski definition) is 8. The fourth-order valence-corrected chi connectivity index (χ4v) is 2.64. The molecule has 0 rings (SSSR count). The monoisotopic (exact) mass is 447 g/mol. The van der Waals surface area contributed by atoms with Crippen LogP contribution in [0.5, 0.6) is 0 Å². The van der Waals surface area contributed by atoms with Crippen LogP contribution in [-0.4, -0.2) is 71.7 Å². The molecular weight excluding hydrogens is 414 g/mol. The van der Waals surface area contributed by atoms with Crippen molar-refractivity contribution in [2.45, 2.75) is 51.2 Å². The number of aliphatic carboxylic acids is 1. The van der Waals surface area contributed by atoms with Gasteiger partial charge in [-0.25, -0.2) is 0 Å². The number of amides is 3. The molecule has 3 amide bonds. The fourth-order valence-electron chi connectivity index (χ4n) is 2.38. The number of carbonyl (C=O) groups excluding carboxylic acids is 3. The topological polar surface area (TPSA) is 215 Å². The number of carboxylic acid groups (broad SMARTS) is 1. The van der Waals surface area contributed by atoms with E-state index in [-0.39, 0.29) is 24.1 Å². The normalized spacial score (nSPS) is 13.6. The highest BCUT2D eigenvalue weighted by Gasteiger charge is 2.28.